The average Bonchev–Trinajstić information content (AvgIpc) is 2.75. The molecule has 17 heavy (non-hydrogen) atoms. The minimum absolute atomic E-state index is 0.316. The van der Waals surface area contributed by atoms with Crippen LogP contribution in [0.4, 0.5) is 0 Å². The van der Waals surface area contributed by atoms with Crippen LogP contribution >= 0.6 is 0 Å². The Labute approximate surface area is 103 Å². The normalized spacial score (nSPS) is 28.0. The van der Waals surface area contributed by atoms with Crippen LogP contribution in [0.15, 0.2) is 12.4 Å². The number of hydrogen-bond donors (Lipinski definition) is 1. The number of nitrogens with one attached hydrogen (secondary N) is 1. The number of ether oxygens (including phenoxy) is 1. The Morgan fingerprint density at radius 2 is 2.29 bits per heavy atom. The maximum Gasteiger partial charge on any atom is 0.156 e. The Morgan fingerprint density at radius 1 is 1.53 bits per heavy atom. The summed E-state index contributed by atoms with van der Waals surface area (Å²) in [7, 11) is 3.73. The van der Waals surface area contributed by atoms with Crippen molar-refractivity contribution in [1.82, 2.24) is 15.1 Å². The Morgan fingerprint density at radius 3 is 2.88 bits per heavy atom. The van der Waals surface area contributed by atoms with E-state index in [1.54, 1.807) is 13.3 Å². The predicted molar refractivity (Wildman–Crippen MR) is 68.3 cm³/mol. The molecule has 4 heteroatoms. The Kier molecular flexibility index (Phi) is 3.43. The number of likely N-dealkylation sites (N-methyl/N-ethyl adjacent to an activating group) is 1. The van der Waals surface area contributed by atoms with Crippen molar-refractivity contribution in [3.63, 3.8) is 0 Å². The third-order valence-corrected chi connectivity index (χ3v) is 4.01. The SMILES string of the molecule is CNC1C(n2cc(OC)cn2)CCCC1(C)C. The van der Waals surface area contributed by atoms with E-state index < -0.39 is 0 Å². The van der Waals surface area contributed by atoms with Gasteiger partial charge >= 0.3 is 0 Å². The Bertz CT molecular complexity index is 372. The second-order valence-corrected chi connectivity index (χ2v) is 5.57. The van der Waals surface area contributed by atoms with Crippen LogP contribution in [0.25, 0.3) is 0 Å². The third kappa shape index (κ3) is 2.32. The molecule has 0 radical (unpaired) electrons. The van der Waals surface area contributed by atoms with Crippen LogP contribution < -0.4 is 10.1 Å². The molecule has 0 bridgehead atoms. The molecule has 0 aromatic carbocycles. The molecule has 0 amide bonds. The Hall–Kier alpha value is -1.03. The molecule has 1 N–H and O–H groups in total. The summed E-state index contributed by atoms with van der Waals surface area (Å²) >= 11 is 0. The van der Waals surface area contributed by atoms with Gasteiger partial charge in [-0.1, -0.05) is 20.3 Å². The summed E-state index contributed by atoms with van der Waals surface area (Å²) in [4.78, 5) is 0. The lowest BCUT2D eigenvalue weighted by molar-refractivity contribution is 0.112. The quantitative estimate of drug-likeness (QED) is 0.876. The topological polar surface area (TPSA) is 39.1 Å². The van der Waals surface area contributed by atoms with Crippen molar-refractivity contribution in [2.24, 2.45) is 5.41 Å². The molecule has 4 nitrogen and oxygen atoms in total. The highest BCUT2D eigenvalue weighted by Crippen LogP contribution is 2.41. The highest BCUT2D eigenvalue weighted by atomic mass is 16.5. The van der Waals surface area contributed by atoms with Crippen LogP contribution in [-0.4, -0.2) is 30.0 Å². The molecule has 1 heterocycles. The van der Waals surface area contributed by atoms with Crippen LogP contribution in [0, 0.1) is 5.41 Å². The van der Waals surface area contributed by atoms with E-state index in [2.05, 4.69) is 28.9 Å². The molecule has 2 atom stereocenters. The lowest BCUT2D eigenvalue weighted by Crippen LogP contribution is -2.49. The van der Waals surface area contributed by atoms with Gasteiger partial charge in [0.2, 0.25) is 0 Å². The van der Waals surface area contributed by atoms with E-state index in [4.69, 9.17) is 4.74 Å². The first-order chi connectivity index (χ1) is 8.08. The van der Waals surface area contributed by atoms with Crippen LogP contribution in [0.5, 0.6) is 5.75 Å². The van der Waals surface area contributed by atoms with Crippen molar-refractivity contribution >= 4 is 0 Å². The zero-order valence-corrected chi connectivity index (χ0v) is 11.2. The molecule has 1 aromatic heterocycles. The van der Waals surface area contributed by atoms with Crippen molar-refractivity contribution < 1.29 is 4.74 Å². The van der Waals surface area contributed by atoms with Gasteiger partial charge in [0.15, 0.2) is 5.75 Å². The first kappa shape index (κ1) is 12.4. The minimum Gasteiger partial charge on any atom is -0.493 e. The van der Waals surface area contributed by atoms with Gasteiger partial charge in [-0.15, -0.1) is 0 Å². The molecular formula is C13H23N3O. The molecule has 2 unspecified atom stereocenters. The number of nitrogens with zero attached hydrogens (tertiary/aromatic N) is 2. The average molecular weight is 237 g/mol. The van der Waals surface area contributed by atoms with Gasteiger partial charge in [-0.05, 0) is 25.3 Å². The Balaban J connectivity index is 2.23. The van der Waals surface area contributed by atoms with Gasteiger partial charge in [-0.2, -0.15) is 5.10 Å². The second-order valence-electron chi connectivity index (χ2n) is 5.57. The third-order valence-electron chi connectivity index (χ3n) is 4.01. The molecular weight excluding hydrogens is 214 g/mol. The fourth-order valence-electron chi connectivity index (χ4n) is 3.09. The zero-order valence-electron chi connectivity index (χ0n) is 11.2. The molecule has 1 saturated carbocycles. The number of rotatable bonds is 3. The summed E-state index contributed by atoms with van der Waals surface area (Å²) in [5.74, 6) is 0.836. The fraction of sp³-hybridized carbons (Fsp3) is 0.769. The first-order valence-electron chi connectivity index (χ1n) is 6.34. The minimum atomic E-state index is 0.316. The van der Waals surface area contributed by atoms with Crippen LogP contribution in [0.1, 0.15) is 39.2 Å². The van der Waals surface area contributed by atoms with Crippen LogP contribution in [-0.2, 0) is 0 Å². The largest absolute Gasteiger partial charge is 0.493 e. The summed E-state index contributed by atoms with van der Waals surface area (Å²) in [5.41, 5.74) is 0.316. The van der Waals surface area contributed by atoms with E-state index in [1.165, 1.54) is 19.3 Å². The summed E-state index contributed by atoms with van der Waals surface area (Å²) in [6.07, 6.45) is 7.50. The van der Waals surface area contributed by atoms with Gasteiger partial charge < -0.3 is 10.1 Å². The lowest BCUT2D eigenvalue weighted by atomic mass is 9.71. The lowest BCUT2D eigenvalue weighted by Gasteiger charge is -2.43. The molecule has 0 aliphatic heterocycles. The summed E-state index contributed by atoms with van der Waals surface area (Å²) in [6.45, 7) is 4.67. The van der Waals surface area contributed by atoms with Crippen molar-refractivity contribution in [3.05, 3.63) is 12.4 Å². The van der Waals surface area contributed by atoms with Gasteiger partial charge in [0.05, 0.1) is 25.5 Å². The van der Waals surface area contributed by atoms with E-state index in [1.807, 2.05) is 13.2 Å². The maximum absolute atomic E-state index is 5.20. The highest BCUT2D eigenvalue weighted by molar-refractivity contribution is 5.12. The number of aromatic nitrogens is 2. The van der Waals surface area contributed by atoms with E-state index in [-0.39, 0.29) is 0 Å². The smallest absolute Gasteiger partial charge is 0.156 e. The van der Waals surface area contributed by atoms with Crippen molar-refractivity contribution in [2.75, 3.05) is 14.2 Å². The van der Waals surface area contributed by atoms with Gasteiger partial charge in [0.25, 0.3) is 0 Å². The maximum atomic E-state index is 5.20. The van der Waals surface area contributed by atoms with E-state index in [0.29, 0.717) is 17.5 Å². The molecule has 1 aliphatic rings. The van der Waals surface area contributed by atoms with E-state index in [9.17, 15) is 0 Å². The first-order valence-corrected chi connectivity index (χ1v) is 6.34. The second kappa shape index (κ2) is 4.69. The number of methoxy groups -OCH3 is 1. The van der Waals surface area contributed by atoms with Gasteiger partial charge in [-0.3, -0.25) is 4.68 Å². The van der Waals surface area contributed by atoms with Gasteiger partial charge in [-0.25, -0.2) is 0 Å². The summed E-state index contributed by atoms with van der Waals surface area (Å²) < 4.78 is 7.26. The van der Waals surface area contributed by atoms with Crippen LogP contribution in [0.2, 0.25) is 0 Å². The number of hydrogen-bond acceptors (Lipinski definition) is 3. The molecule has 1 aliphatic carbocycles. The molecule has 96 valence electrons. The molecule has 1 aromatic rings. The van der Waals surface area contributed by atoms with Gasteiger partial charge in [0, 0.05) is 6.04 Å². The monoisotopic (exact) mass is 237 g/mol. The van der Waals surface area contributed by atoms with Gasteiger partial charge in [0.1, 0.15) is 0 Å². The van der Waals surface area contributed by atoms with E-state index >= 15 is 0 Å². The fourth-order valence-corrected chi connectivity index (χ4v) is 3.09. The van der Waals surface area contributed by atoms with Crippen molar-refractivity contribution in [1.29, 1.82) is 0 Å². The predicted octanol–water partition coefficient (Wildman–Crippen LogP) is 2.23. The molecule has 0 spiro atoms. The van der Waals surface area contributed by atoms with Crippen molar-refractivity contribution in [2.45, 2.75) is 45.2 Å². The van der Waals surface area contributed by atoms with E-state index in [0.717, 1.165) is 5.75 Å². The zero-order chi connectivity index (χ0) is 12.5. The summed E-state index contributed by atoms with van der Waals surface area (Å²) in [6, 6.07) is 0.883. The standard InChI is InChI=1S/C13H23N3O/c1-13(2)7-5-6-11(12(13)14-3)16-9-10(17-4)8-15-16/h8-9,11-12,14H,5-7H2,1-4H3. The van der Waals surface area contributed by atoms with Crippen molar-refractivity contribution in [3.8, 4) is 5.75 Å². The van der Waals surface area contributed by atoms with Crippen LogP contribution in [0.3, 0.4) is 0 Å². The molecule has 2 rings (SSSR count). The highest BCUT2D eigenvalue weighted by Gasteiger charge is 2.39. The summed E-state index contributed by atoms with van der Waals surface area (Å²) in [5, 5.41) is 7.89. The molecule has 1 fully saturated rings. The molecule has 0 saturated heterocycles.